The summed E-state index contributed by atoms with van der Waals surface area (Å²) in [6.45, 7) is 2.14. The summed E-state index contributed by atoms with van der Waals surface area (Å²) in [4.78, 5) is 0. The number of unbranched alkanes of at least 4 members (excludes halogenated alkanes) is 5. The Labute approximate surface area is 106 Å². The van der Waals surface area contributed by atoms with Crippen LogP contribution in [-0.4, -0.2) is 32.5 Å². The van der Waals surface area contributed by atoms with E-state index in [2.05, 4.69) is 6.92 Å². The Bertz CT molecular complexity index is 149. The first-order chi connectivity index (χ1) is 7.48. The average Bonchev–Trinajstić information content (AvgIpc) is 2.24. The number of hydrogen-bond donors (Lipinski definition) is 4. The van der Waals surface area contributed by atoms with Crippen LogP contribution in [-0.2, 0) is 21.0 Å². The molecule has 0 bridgehead atoms. The van der Waals surface area contributed by atoms with Gasteiger partial charge in [0.05, 0.1) is 0 Å². The Hall–Kier alpha value is 0.224. The van der Waals surface area contributed by atoms with Crippen LogP contribution in [0.25, 0.3) is 0 Å². The molecule has 4 N–H and O–H groups in total. The van der Waals surface area contributed by atoms with E-state index in [-0.39, 0.29) is 6.42 Å². The molecule has 0 radical (unpaired) electrons. The van der Waals surface area contributed by atoms with Gasteiger partial charge in [-0.15, -0.1) is 0 Å². The van der Waals surface area contributed by atoms with E-state index in [1.54, 1.807) is 0 Å². The molecule has 5 nitrogen and oxygen atoms in total. The predicted molar refractivity (Wildman–Crippen MR) is 54.1 cm³/mol. The molecule has 0 fully saturated rings. The normalized spacial score (nSPS) is 12.8. The number of aliphatic hydroxyl groups is 4. The van der Waals surface area contributed by atoms with Crippen molar-refractivity contribution in [3.8, 4) is 0 Å². The van der Waals surface area contributed by atoms with Crippen LogP contribution in [0.3, 0.4) is 0 Å². The van der Waals surface area contributed by atoms with Crippen molar-refractivity contribution >= 4 is 0 Å². The van der Waals surface area contributed by atoms with Gasteiger partial charge in [-0.2, -0.15) is 0 Å². The predicted octanol–water partition coefficient (Wildman–Crippen LogP) is 0.607. The summed E-state index contributed by atoms with van der Waals surface area (Å²) in [5.41, 5.74) is 0. The molecule has 0 spiro atoms. The molecule has 1 unspecified atom stereocenters. The van der Waals surface area contributed by atoms with Crippen molar-refractivity contribution in [2.75, 3.05) is 0 Å². The van der Waals surface area contributed by atoms with Crippen LogP contribution < -0.4 is 0 Å². The van der Waals surface area contributed by atoms with E-state index in [1.807, 2.05) is 0 Å². The van der Waals surface area contributed by atoms with Gasteiger partial charge in [0.1, 0.15) is 6.10 Å². The van der Waals surface area contributed by atoms with Gasteiger partial charge < -0.3 is 20.4 Å². The molecule has 0 aromatic carbocycles. The second kappa shape index (κ2) is 11.7. The zero-order valence-corrected chi connectivity index (χ0v) is 11.1. The SMILES string of the molecule is CCCCCCCCC(O)C(O)(O)O.[O]=[V]. The van der Waals surface area contributed by atoms with Crippen molar-refractivity contribution in [1.82, 2.24) is 0 Å². The van der Waals surface area contributed by atoms with E-state index in [0.29, 0.717) is 6.42 Å². The second-order valence-corrected chi connectivity index (χ2v) is 3.76. The molecule has 0 aromatic rings. The molecule has 0 saturated carbocycles. The molecular weight excluding hydrogens is 251 g/mol. The van der Waals surface area contributed by atoms with Gasteiger partial charge >= 0.3 is 27.0 Å². The Morgan fingerprint density at radius 3 is 1.88 bits per heavy atom. The summed E-state index contributed by atoms with van der Waals surface area (Å²) in [5.74, 6) is -2.94. The van der Waals surface area contributed by atoms with E-state index in [4.69, 9.17) is 24.1 Å². The van der Waals surface area contributed by atoms with E-state index in [0.717, 1.165) is 30.2 Å². The van der Waals surface area contributed by atoms with Crippen molar-refractivity contribution in [2.24, 2.45) is 0 Å². The zero-order valence-electron chi connectivity index (χ0n) is 9.67. The van der Waals surface area contributed by atoms with Crippen LogP contribution >= 0.6 is 0 Å². The molecule has 0 amide bonds. The fourth-order valence-corrected chi connectivity index (χ4v) is 1.31. The Balaban J connectivity index is 0. The first-order valence-corrected chi connectivity index (χ1v) is 6.09. The molecular formula is C10H22O5V. The van der Waals surface area contributed by atoms with Gasteiger partial charge in [0, 0.05) is 0 Å². The van der Waals surface area contributed by atoms with Gasteiger partial charge in [-0.1, -0.05) is 45.4 Å². The van der Waals surface area contributed by atoms with E-state index in [9.17, 15) is 0 Å². The monoisotopic (exact) mass is 273 g/mol. The molecule has 0 heterocycles. The van der Waals surface area contributed by atoms with Crippen molar-refractivity contribution < 1.29 is 41.5 Å². The number of hydrogen-bond acceptors (Lipinski definition) is 5. The van der Waals surface area contributed by atoms with Gasteiger partial charge in [0.15, 0.2) is 0 Å². The maximum absolute atomic E-state index is 9.04. The van der Waals surface area contributed by atoms with Crippen molar-refractivity contribution in [3.05, 3.63) is 0 Å². The van der Waals surface area contributed by atoms with Crippen LogP contribution in [0, 0.1) is 0 Å². The zero-order chi connectivity index (χ0) is 13.0. The first-order valence-electron chi connectivity index (χ1n) is 5.52. The van der Waals surface area contributed by atoms with Gasteiger partial charge in [-0.25, -0.2) is 0 Å². The average molecular weight is 273 g/mol. The van der Waals surface area contributed by atoms with Gasteiger partial charge in [0.25, 0.3) is 0 Å². The van der Waals surface area contributed by atoms with Crippen molar-refractivity contribution in [2.45, 2.75) is 63.9 Å². The number of rotatable bonds is 8. The Morgan fingerprint density at radius 2 is 1.44 bits per heavy atom. The van der Waals surface area contributed by atoms with Crippen molar-refractivity contribution in [1.29, 1.82) is 0 Å². The van der Waals surface area contributed by atoms with Crippen LogP contribution in [0.15, 0.2) is 0 Å². The fraction of sp³-hybridized carbons (Fsp3) is 1.00. The molecule has 6 heteroatoms. The minimum absolute atomic E-state index is 0.218. The van der Waals surface area contributed by atoms with Crippen LogP contribution in [0.5, 0.6) is 0 Å². The first kappa shape index (κ1) is 18.6. The molecule has 0 aliphatic heterocycles. The van der Waals surface area contributed by atoms with E-state index >= 15 is 0 Å². The summed E-state index contributed by atoms with van der Waals surface area (Å²) in [7, 11) is 0. The third-order valence-electron chi connectivity index (χ3n) is 2.28. The van der Waals surface area contributed by atoms with Crippen LogP contribution in [0.2, 0.25) is 0 Å². The Morgan fingerprint density at radius 1 is 1.00 bits per heavy atom. The molecule has 1 atom stereocenters. The van der Waals surface area contributed by atoms with Gasteiger partial charge in [0.2, 0.25) is 0 Å². The minimum atomic E-state index is -2.94. The summed E-state index contributed by atoms with van der Waals surface area (Å²) >= 11 is 1.06. The van der Waals surface area contributed by atoms with E-state index in [1.165, 1.54) is 19.3 Å². The summed E-state index contributed by atoms with van der Waals surface area (Å²) < 4.78 is 8.19. The quantitative estimate of drug-likeness (QED) is 0.383. The summed E-state index contributed by atoms with van der Waals surface area (Å²) in [6.07, 6.45) is 5.08. The summed E-state index contributed by atoms with van der Waals surface area (Å²) in [5, 5.41) is 34.8. The summed E-state index contributed by atoms with van der Waals surface area (Å²) in [6, 6.07) is 0. The topological polar surface area (TPSA) is 98.0 Å². The molecule has 0 saturated heterocycles. The molecule has 16 heavy (non-hydrogen) atoms. The third kappa shape index (κ3) is 12.3. The maximum atomic E-state index is 9.04. The van der Waals surface area contributed by atoms with Gasteiger partial charge in [-0.05, 0) is 6.42 Å². The van der Waals surface area contributed by atoms with Crippen molar-refractivity contribution in [3.63, 3.8) is 0 Å². The molecule has 97 valence electrons. The molecule has 0 aromatic heterocycles. The third-order valence-corrected chi connectivity index (χ3v) is 2.28. The van der Waals surface area contributed by atoms with Gasteiger partial charge in [-0.3, -0.25) is 0 Å². The molecule has 0 aliphatic carbocycles. The Kier molecular flexibility index (Phi) is 13.6. The fourth-order valence-electron chi connectivity index (χ4n) is 1.31. The standard InChI is InChI=1S/C10H22O4.O.V/c1-2-3-4-5-6-7-8-9(11)10(12,13)14;;/h9,11-14H,2-8H2,1H3;;. The van der Waals surface area contributed by atoms with Crippen LogP contribution in [0.1, 0.15) is 51.9 Å². The molecule has 0 rings (SSSR count). The second-order valence-electron chi connectivity index (χ2n) is 3.76. The van der Waals surface area contributed by atoms with Crippen LogP contribution in [0.4, 0.5) is 0 Å². The number of aliphatic hydroxyl groups excluding tert-OH is 1. The molecule has 0 aliphatic rings. The van der Waals surface area contributed by atoms with E-state index < -0.39 is 12.1 Å².